The normalized spacial score (nSPS) is 11.8. The van der Waals surface area contributed by atoms with Crippen molar-refractivity contribution in [1.29, 1.82) is 0 Å². The van der Waals surface area contributed by atoms with Crippen LogP contribution < -0.4 is 0 Å². The Kier molecular flexibility index (Phi) is 12.5. The number of rotatable bonds is 7. The number of H-pyrrole nitrogens is 1. The molecular weight excluding hydrogens is 486 g/mol. The summed E-state index contributed by atoms with van der Waals surface area (Å²) in [5, 5.41) is 54.6. The second kappa shape index (κ2) is 14.3. The number of carbonyl (C=O) groups is 1. The van der Waals surface area contributed by atoms with Gasteiger partial charge < -0.3 is 35.6 Å². The van der Waals surface area contributed by atoms with Crippen molar-refractivity contribution in [2.24, 2.45) is 5.41 Å². The van der Waals surface area contributed by atoms with Crippen LogP contribution in [-0.4, -0.2) is 68.0 Å². The van der Waals surface area contributed by atoms with Crippen LogP contribution in [-0.2, 0) is 22.0 Å². The van der Waals surface area contributed by atoms with Gasteiger partial charge in [0.2, 0.25) is 0 Å². The number of aliphatic hydroxyl groups excluding tert-OH is 4. The van der Waals surface area contributed by atoms with E-state index < -0.39 is 37.8 Å². The number of phenols is 1. The number of nitrogens with one attached hydrogen (secondary N) is 1. The van der Waals surface area contributed by atoms with Crippen LogP contribution in [0.5, 0.6) is 5.75 Å². The summed E-state index contributed by atoms with van der Waals surface area (Å²) in [5.41, 5.74) is 2.47. The highest BCUT2D eigenvalue weighted by Crippen LogP contribution is 2.39. The zero-order chi connectivity index (χ0) is 29.1. The van der Waals surface area contributed by atoms with Crippen LogP contribution >= 0.6 is 0 Å². The van der Waals surface area contributed by atoms with E-state index in [1.807, 2.05) is 30.5 Å². The van der Waals surface area contributed by atoms with Gasteiger partial charge in [-0.1, -0.05) is 71.9 Å². The summed E-state index contributed by atoms with van der Waals surface area (Å²) in [5.74, 6) is -0.461. The maximum Gasteiger partial charge on any atom is 0.303 e. The molecule has 0 saturated heterocycles. The third-order valence-electron chi connectivity index (χ3n) is 6.22. The number of hydrogen-bond donors (Lipinski definition) is 7. The summed E-state index contributed by atoms with van der Waals surface area (Å²) >= 11 is 0. The molecule has 2 aromatic carbocycles. The number of aromatic amines is 1. The minimum atomic E-state index is -1.11. The van der Waals surface area contributed by atoms with E-state index in [4.69, 9.17) is 25.5 Å². The van der Waals surface area contributed by atoms with Gasteiger partial charge in [0, 0.05) is 18.1 Å². The largest absolute Gasteiger partial charge is 0.507 e. The van der Waals surface area contributed by atoms with Gasteiger partial charge in [-0.3, -0.25) is 4.79 Å². The van der Waals surface area contributed by atoms with Crippen molar-refractivity contribution < 1.29 is 35.4 Å². The van der Waals surface area contributed by atoms with E-state index in [1.165, 1.54) is 10.9 Å². The maximum absolute atomic E-state index is 10.8. The Morgan fingerprint density at radius 1 is 0.789 bits per heavy atom. The second-order valence-corrected chi connectivity index (χ2v) is 11.6. The number of aliphatic carboxylic acids is 1. The minimum Gasteiger partial charge on any atom is -0.507 e. The monoisotopic (exact) mass is 531 g/mol. The highest BCUT2D eigenvalue weighted by Gasteiger charge is 2.27. The number of aliphatic hydroxyl groups is 4. The Hall–Kier alpha value is -2.91. The lowest BCUT2D eigenvalue weighted by Gasteiger charge is -2.28. The van der Waals surface area contributed by atoms with Crippen LogP contribution in [0.2, 0.25) is 0 Å². The summed E-state index contributed by atoms with van der Waals surface area (Å²) in [6, 6.07) is 14.2. The molecular formula is C30H45NO7. The zero-order valence-electron chi connectivity index (χ0n) is 23.5. The molecule has 0 unspecified atom stereocenters. The van der Waals surface area contributed by atoms with Crippen LogP contribution in [0.25, 0.3) is 10.9 Å². The van der Waals surface area contributed by atoms with E-state index in [1.54, 1.807) is 0 Å². The number of carboxylic acid groups (broad SMARTS) is 1. The molecule has 8 heteroatoms. The molecule has 8 nitrogen and oxygen atoms in total. The lowest BCUT2D eigenvalue weighted by Crippen LogP contribution is -2.37. The fourth-order valence-electron chi connectivity index (χ4n) is 3.53. The predicted molar refractivity (Wildman–Crippen MR) is 151 cm³/mol. The number of aromatic hydroxyl groups is 1. The first-order valence-electron chi connectivity index (χ1n) is 12.7. The Morgan fingerprint density at radius 2 is 1.26 bits per heavy atom. The summed E-state index contributed by atoms with van der Waals surface area (Å²) in [6.07, 6.45) is 2.55. The first kappa shape index (κ1) is 33.1. The molecule has 0 aliphatic carbocycles. The highest BCUT2D eigenvalue weighted by molar-refractivity contribution is 5.78. The third-order valence-corrected chi connectivity index (χ3v) is 6.22. The number of hydrogen-bond acceptors (Lipinski definition) is 6. The number of fused-ring (bicyclic) bond motifs is 1. The van der Waals surface area contributed by atoms with Crippen LogP contribution in [0.3, 0.4) is 0 Å². The molecule has 0 aliphatic rings. The van der Waals surface area contributed by atoms with Crippen molar-refractivity contribution in [2.75, 3.05) is 26.4 Å². The fourth-order valence-corrected chi connectivity index (χ4v) is 3.53. The van der Waals surface area contributed by atoms with Crippen molar-refractivity contribution in [1.82, 2.24) is 4.98 Å². The van der Waals surface area contributed by atoms with E-state index in [0.29, 0.717) is 12.2 Å². The molecule has 7 N–H and O–H groups in total. The van der Waals surface area contributed by atoms with Gasteiger partial charge in [-0.15, -0.1) is 0 Å². The third kappa shape index (κ3) is 9.76. The number of carboxylic acids is 1. The van der Waals surface area contributed by atoms with Gasteiger partial charge in [-0.2, -0.15) is 0 Å². The molecule has 0 bridgehead atoms. The summed E-state index contributed by atoms with van der Waals surface area (Å²) in [7, 11) is 0. The molecule has 0 spiro atoms. The number of benzene rings is 2. The predicted octanol–water partition coefficient (Wildman–Crippen LogP) is 4.11. The molecule has 3 aromatic rings. The van der Waals surface area contributed by atoms with E-state index in [9.17, 15) is 9.90 Å². The van der Waals surface area contributed by atoms with Crippen LogP contribution in [0.1, 0.15) is 64.7 Å². The van der Waals surface area contributed by atoms with E-state index >= 15 is 0 Å². The fraction of sp³-hybridized carbons (Fsp3) is 0.500. The van der Waals surface area contributed by atoms with Crippen LogP contribution in [0, 0.1) is 5.41 Å². The van der Waals surface area contributed by atoms with Gasteiger partial charge in [0.05, 0.1) is 31.8 Å². The molecule has 3 rings (SSSR count). The van der Waals surface area contributed by atoms with Crippen molar-refractivity contribution in [3.63, 3.8) is 0 Å². The summed E-state index contributed by atoms with van der Waals surface area (Å²) < 4.78 is 0. The number of phenolic OH excluding ortho intramolecular Hbond substituents is 1. The lowest BCUT2D eigenvalue weighted by molar-refractivity contribution is -0.136. The van der Waals surface area contributed by atoms with Gasteiger partial charge in [0.1, 0.15) is 5.75 Å². The molecule has 0 atom stereocenters. The molecule has 0 fully saturated rings. The average Bonchev–Trinajstić information content (AvgIpc) is 3.33. The second-order valence-electron chi connectivity index (χ2n) is 11.6. The first-order chi connectivity index (χ1) is 17.6. The molecule has 0 radical (unpaired) electrons. The lowest BCUT2D eigenvalue weighted by atomic mass is 9.78. The smallest absolute Gasteiger partial charge is 0.303 e. The standard InChI is InChI=1S/C17H26O3.C8H7N.C5H12O4/c1-16(2,3)12-9-11(7-8-14(18)19)10-13(15(12)20)17(4,5)6;1-2-4-8-7(3-1)5-6-9-8;6-1-5(2-7,3-8)4-9/h9-10,20H,7-8H2,1-6H3,(H,18,19);1-6,9H;6-9H,1-4H2. The van der Waals surface area contributed by atoms with Crippen molar-refractivity contribution in [3.05, 3.63) is 65.4 Å². The van der Waals surface area contributed by atoms with Gasteiger partial charge in [-0.25, -0.2) is 0 Å². The van der Waals surface area contributed by atoms with Gasteiger partial charge >= 0.3 is 5.97 Å². The Bertz CT molecular complexity index is 1050. The van der Waals surface area contributed by atoms with Crippen LogP contribution in [0.15, 0.2) is 48.7 Å². The number of para-hydroxylation sites is 1. The topological polar surface area (TPSA) is 154 Å². The molecule has 38 heavy (non-hydrogen) atoms. The minimum absolute atomic E-state index is 0.109. The summed E-state index contributed by atoms with van der Waals surface area (Å²) in [4.78, 5) is 13.9. The quantitative estimate of drug-likeness (QED) is 0.242. The number of aromatic nitrogens is 1. The molecule has 0 aliphatic heterocycles. The molecule has 0 saturated carbocycles. The van der Waals surface area contributed by atoms with Gasteiger partial charge in [0.25, 0.3) is 0 Å². The first-order valence-corrected chi connectivity index (χ1v) is 12.7. The van der Waals surface area contributed by atoms with Crippen molar-refractivity contribution >= 4 is 16.9 Å². The van der Waals surface area contributed by atoms with E-state index in [2.05, 4.69) is 64.7 Å². The van der Waals surface area contributed by atoms with Crippen molar-refractivity contribution in [3.8, 4) is 5.75 Å². The zero-order valence-corrected chi connectivity index (χ0v) is 23.5. The Labute approximate surface area is 225 Å². The maximum atomic E-state index is 10.8. The van der Waals surface area contributed by atoms with Crippen LogP contribution in [0.4, 0.5) is 0 Å². The Balaban J connectivity index is 0.000000329. The SMILES string of the molecule is CC(C)(C)c1cc(CCC(=O)O)cc(C(C)(C)C)c1O.OCC(CO)(CO)CO.c1ccc2[nH]ccc2c1. The molecule has 212 valence electrons. The molecule has 0 amide bonds. The highest BCUT2D eigenvalue weighted by atomic mass is 16.4. The van der Waals surface area contributed by atoms with Crippen molar-refractivity contribution in [2.45, 2.75) is 65.2 Å². The van der Waals surface area contributed by atoms with Gasteiger partial charge in [-0.05, 0) is 51.5 Å². The average molecular weight is 532 g/mol. The molecule has 1 heterocycles. The Morgan fingerprint density at radius 3 is 1.63 bits per heavy atom. The number of aryl methyl sites for hydroxylation is 1. The van der Waals surface area contributed by atoms with Gasteiger partial charge in [0.15, 0.2) is 0 Å². The van der Waals surface area contributed by atoms with E-state index in [0.717, 1.165) is 16.7 Å². The molecule has 1 aromatic heterocycles. The summed E-state index contributed by atoms with van der Waals surface area (Å²) in [6.45, 7) is 10.7. The van der Waals surface area contributed by atoms with E-state index in [-0.39, 0.29) is 17.3 Å².